The second-order valence-corrected chi connectivity index (χ2v) is 16.4. The van der Waals surface area contributed by atoms with Gasteiger partial charge in [0.05, 0.1) is 30.6 Å². The molecular formula is C55H69HfN5O-4. The first-order chi connectivity index (χ1) is 29.7. The zero-order valence-electron chi connectivity index (χ0n) is 37.9. The van der Waals surface area contributed by atoms with E-state index in [-0.39, 0.29) is 25.8 Å². The molecule has 0 spiro atoms. The minimum Gasteiger partial charge on any atom is -0.511 e. The minimum absolute atomic E-state index is 0. The molecule has 6 nitrogen and oxygen atoms in total. The standard InChI is InChI=1S/C21H31N2.C20H24N3O.2C7H7.Hf/c1-23(20-15-9-4-10-16-20)21(17-18-11-5-2-6-12-18)22-19-13-7-3-8-14-19;1-14-12-15(2)19(16(3)13-14)23-11-10-22(20(23)21-4)17-8-6-7-9-18(17)24-5;2*1-7-5-3-2-4-6-7;/h2,5-6,11-12,19-20H,1,3-4,7-10,13-17H2;6-9,12-13H,4,10-11H2,1-3,5H3;2*2-6H,1H2;/q4*-1;. The zero-order valence-corrected chi connectivity index (χ0v) is 41.5. The molecule has 0 atom stereocenters. The first-order valence-electron chi connectivity index (χ1n) is 22.2. The number of aryl methyl sites for hydroxylation is 3. The van der Waals surface area contributed by atoms with Crippen molar-refractivity contribution in [2.24, 2.45) is 9.98 Å². The normalized spacial score (nSPS) is 16.1. The van der Waals surface area contributed by atoms with E-state index in [9.17, 15) is 0 Å². The van der Waals surface area contributed by atoms with Gasteiger partial charge in [0.25, 0.3) is 0 Å². The van der Waals surface area contributed by atoms with E-state index in [0.29, 0.717) is 12.1 Å². The van der Waals surface area contributed by atoms with Gasteiger partial charge < -0.3 is 24.4 Å². The number of benzene rings is 5. The van der Waals surface area contributed by atoms with E-state index in [1.165, 1.54) is 98.0 Å². The topological polar surface area (TPSA) is 43.7 Å². The van der Waals surface area contributed by atoms with E-state index in [0.717, 1.165) is 48.0 Å². The average molecular weight is 995 g/mol. The number of amidine groups is 1. The first kappa shape index (κ1) is 49.8. The van der Waals surface area contributed by atoms with Crippen LogP contribution in [0.25, 0.3) is 0 Å². The molecule has 0 aromatic heterocycles. The number of aliphatic imine (C=N–C) groups is 2. The summed E-state index contributed by atoms with van der Waals surface area (Å²) in [5.74, 6) is 2.92. The number of hydrogen-bond acceptors (Lipinski definition) is 3. The van der Waals surface area contributed by atoms with Crippen molar-refractivity contribution in [1.29, 1.82) is 0 Å². The van der Waals surface area contributed by atoms with Crippen LogP contribution < -0.4 is 14.5 Å². The van der Waals surface area contributed by atoms with Crippen molar-refractivity contribution >= 4 is 23.2 Å². The Bertz CT molecular complexity index is 2010. The molecule has 0 amide bonds. The molecule has 5 aromatic rings. The third kappa shape index (κ3) is 15.2. The van der Waals surface area contributed by atoms with Gasteiger partial charge in [-0.1, -0.05) is 111 Å². The zero-order chi connectivity index (χ0) is 43.4. The average Bonchev–Trinajstić information content (AvgIpc) is 3.71. The second kappa shape index (κ2) is 26.6. The number of nitrogens with zero attached hydrogens (tertiary/aromatic N) is 5. The van der Waals surface area contributed by atoms with Gasteiger partial charge in [0, 0.05) is 57.1 Å². The number of anilines is 2. The van der Waals surface area contributed by atoms with Crippen molar-refractivity contribution in [2.75, 3.05) is 30.0 Å². The van der Waals surface area contributed by atoms with Crippen LogP contribution in [0.4, 0.5) is 11.4 Å². The van der Waals surface area contributed by atoms with Crippen LogP contribution in [0.15, 0.2) is 137 Å². The summed E-state index contributed by atoms with van der Waals surface area (Å²) in [6.45, 7) is 15.6. The van der Waals surface area contributed by atoms with Gasteiger partial charge in [0.1, 0.15) is 5.75 Å². The van der Waals surface area contributed by atoms with Crippen molar-refractivity contribution in [3.05, 3.63) is 189 Å². The molecule has 1 heterocycles. The van der Waals surface area contributed by atoms with Crippen molar-refractivity contribution in [1.82, 2.24) is 4.90 Å². The third-order valence-electron chi connectivity index (χ3n) is 11.6. The van der Waals surface area contributed by atoms with Gasteiger partial charge in [-0.25, -0.2) is 0 Å². The summed E-state index contributed by atoms with van der Waals surface area (Å²) in [6, 6.07) is 44.1. The number of para-hydroxylation sites is 2. The van der Waals surface area contributed by atoms with E-state index in [1.54, 1.807) is 7.11 Å². The Morgan fingerprint density at radius 3 is 1.65 bits per heavy atom. The van der Waals surface area contributed by atoms with Crippen LogP contribution in [0.2, 0.25) is 0 Å². The summed E-state index contributed by atoms with van der Waals surface area (Å²) in [7, 11) is 9.94. The maximum absolute atomic E-state index is 5.52. The van der Waals surface area contributed by atoms with Crippen LogP contribution in [0, 0.1) is 48.7 Å². The van der Waals surface area contributed by atoms with Crippen LogP contribution in [-0.2, 0) is 32.3 Å². The van der Waals surface area contributed by atoms with Gasteiger partial charge in [-0.15, -0.1) is 24.3 Å². The molecule has 0 bridgehead atoms. The van der Waals surface area contributed by atoms with Gasteiger partial charge in [-0.2, -0.15) is 56.3 Å². The largest absolute Gasteiger partial charge is 0.511 e. The molecule has 1 aliphatic heterocycles. The number of methoxy groups -OCH3 is 1. The molecule has 62 heavy (non-hydrogen) atoms. The second-order valence-electron chi connectivity index (χ2n) is 16.4. The Morgan fingerprint density at radius 1 is 0.661 bits per heavy atom. The predicted molar refractivity (Wildman–Crippen MR) is 261 cm³/mol. The summed E-state index contributed by atoms with van der Waals surface area (Å²) in [6.07, 6.45) is 14.2. The fourth-order valence-corrected chi connectivity index (χ4v) is 8.59. The van der Waals surface area contributed by atoms with Gasteiger partial charge in [0.2, 0.25) is 0 Å². The quantitative estimate of drug-likeness (QED) is 0.0705. The molecule has 8 rings (SSSR count). The molecule has 0 unspecified atom stereocenters. The third-order valence-corrected chi connectivity index (χ3v) is 11.6. The van der Waals surface area contributed by atoms with E-state index in [2.05, 4.69) is 117 Å². The fraction of sp³-hybridized carbons (Fsp3) is 0.345. The Balaban J connectivity index is 0.000000205. The number of hydrogen-bond donors (Lipinski definition) is 0. The van der Waals surface area contributed by atoms with Crippen LogP contribution >= 0.6 is 0 Å². The molecular weight excluding hydrogens is 925 g/mol. The molecule has 0 radical (unpaired) electrons. The first-order valence-corrected chi connectivity index (χ1v) is 22.2. The molecule has 0 N–H and O–H groups in total. The van der Waals surface area contributed by atoms with Crippen LogP contribution in [-0.4, -0.2) is 49.0 Å². The van der Waals surface area contributed by atoms with Gasteiger partial charge in [-0.05, 0) is 75.3 Å². The Kier molecular flexibility index (Phi) is 21.3. The summed E-state index contributed by atoms with van der Waals surface area (Å²) < 4.78 is 5.52. The Morgan fingerprint density at radius 2 is 1.15 bits per heavy atom. The maximum Gasteiger partial charge on any atom is 0.141 e. The van der Waals surface area contributed by atoms with Gasteiger partial charge in [-0.3, -0.25) is 12.0 Å². The molecule has 5 aromatic carbocycles. The Hall–Kier alpha value is -4.88. The van der Waals surface area contributed by atoms with Crippen molar-refractivity contribution in [3.8, 4) is 5.75 Å². The molecule has 3 fully saturated rings. The van der Waals surface area contributed by atoms with E-state index < -0.39 is 0 Å². The molecule has 1 saturated heterocycles. The fourth-order valence-electron chi connectivity index (χ4n) is 8.59. The monoisotopic (exact) mass is 995 g/mol. The van der Waals surface area contributed by atoms with E-state index >= 15 is 0 Å². The number of guanidine groups is 1. The molecule has 328 valence electrons. The van der Waals surface area contributed by atoms with E-state index in [1.807, 2.05) is 78.9 Å². The molecule has 3 aliphatic rings. The number of ether oxygens (including phenoxy) is 1. The van der Waals surface area contributed by atoms with Crippen molar-refractivity contribution < 1.29 is 30.6 Å². The molecule has 7 heteroatoms. The van der Waals surface area contributed by atoms with Crippen LogP contribution in [0.1, 0.15) is 97.6 Å². The predicted octanol–water partition coefficient (Wildman–Crippen LogP) is 13.2. The van der Waals surface area contributed by atoms with Crippen molar-refractivity contribution in [3.63, 3.8) is 0 Å². The number of rotatable bonds is 7. The summed E-state index contributed by atoms with van der Waals surface area (Å²) in [4.78, 5) is 16.2. The minimum atomic E-state index is 0. The summed E-state index contributed by atoms with van der Waals surface area (Å²) >= 11 is 0. The van der Waals surface area contributed by atoms with Crippen molar-refractivity contribution in [2.45, 2.75) is 103 Å². The van der Waals surface area contributed by atoms with Crippen LogP contribution in [0.3, 0.4) is 0 Å². The smallest absolute Gasteiger partial charge is 0.141 e. The maximum atomic E-state index is 5.52. The van der Waals surface area contributed by atoms with Gasteiger partial charge >= 0.3 is 0 Å². The van der Waals surface area contributed by atoms with Crippen LogP contribution in [0.5, 0.6) is 5.75 Å². The Labute approximate surface area is 394 Å². The summed E-state index contributed by atoms with van der Waals surface area (Å²) in [5.41, 5.74) is 9.54. The SMILES string of the molecule is [CH2-]N(C(Cc1ccccc1)=NC1CCCCC1)C1CCCCC1.[CH2-]N=C1N(c2ccccc2OC)CCN1c1c(C)cc(C)cc1C.[CH2-]c1ccccc1.[CH2-]c1ccccc1.[Hf]. The molecule has 2 saturated carbocycles. The van der Waals surface area contributed by atoms with E-state index in [4.69, 9.17) is 9.73 Å². The molecule has 2 aliphatic carbocycles. The summed E-state index contributed by atoms with van der Waals surface area (Å²) in [5, 5.41) is 0. The van der Waals surface area contributed by atoms with Gasteiger partial charge in [0.15, 0.2) is 0 Å².